The molecule has 1 aliphatic carbocycles. The van der Waals surface area contributed by atoms with E-state index in [-0.39, 0.29) is 12.3 Å². The topological polar surface area (TPSA) is 124 Å². The summed E-state index contributed by atoms with van der Waals surface area (Å²) in [5, 5.41) is 22.9. The summed E-state index contributed by atoms with van der Waals surface area (Å²) >= 11 is 6.29. The number of anilines is 3. The van der Waals surface area contributed by atoms with Gasteiger partial charge in [0, 0.05) is 23.2 Å². The third-order valence-electron chi connectivity index (χ3n) is 5.01. The van der Waals surface area contributed by atoms with Gasteiger partial charge in [0.25, 0.3) is 5.91 Å². The molecule has 2 amide bonds. The van der Waals surface area contributed by atoms with Crippen LogP contribution in [0.4, 0.5) is 17.3 Å². The SMILES string of the molecule is N#Cc1ccc(Cl)c(Nc2cc(NC3CC3)n3ncc(/C=C4\CC(=O)NC4=O)c3n2)c1. The Morgan fingerprint density at radius 2 is 2.13 bits per heavy atom. The van der Waals surface area contributed by atoms with E-state index < -0.39 is 5.91 Å². The van der Waals surface area contributed by atoms with Crippen LogP contribution >= 0.6 is 11.6 Å². The summed E-state index contributed by atoms with van der Waals surface area (Å²) in [7, 11) is 0. The van der Waals surface area contributed by atoms with E-state index >= 15 is 0 Å². The second kappa shape index (κ2) is 7.41. The van der Waals surface area contributed by atoms with Crippen molar-refractivity contribution in [2.75, 3.05) is 10.6 Å². The summed E-state index contributed by atoms with van der Waals surface area (Å²) in [6, 6.07) is 9.21. The zero-order valence-corrected chi connectivity index (χ0v) is 16.9. The van der Waals surface area contributed by atoms with Crippen LogP contribution in [-0.4, -0.2) is 32.5 Å². The van der Waals surface area contributed by atoms with Crippen molar-refractivity contribution in [1.82, 2.24) is 19.9 Å². The quantitative estimate of drug-likeness (QED) is 0.417. The fourth-order valence-electron chi connectivity index (χ4n) is 3.32. The molecule has 0 spiro atoms. The van der Waals surface area contributed by atoms with Crippen molar-refractivity contribution in [1.29, 1.82) is 5.26 Å². The molecule has 2 fully saturated rings. The van der Waals surface area contributed by atoms with Crippen LogP contribution in [0.5, 0.6) is 0 Å². The fraction of sp³-hybridized carbons (Fsp3) is 0.190. The number of hydrogen-bond donors (Lipinski definition) is 3. The predicted molar refractivity (Wildman–Crippen MR) is 115 cm³/mol. The van der Waals surface area contributed by atoms with Gasteiger partial charge in [-0.15, -0.1) is 0 Å². The van der Waals surface area contributed by atoms with E-state index in [9.17, 15) is 14.9 Å². The van der Waals surface area contributed by atoms with Crippen LogP contribution in [-0.2, 0) is 9.59 Å². The smallest absolute Gasteiger partial charge is 0.254 e. The van der Waals surface area contributed by atoms with Gasteiger partial charge in [0.05, 0.1) is 35.0 Å². The predicted octanol–water partition coefficient (Wildman–Crippen LogP) is 3.00. The molecule has 9 nitrogen and oxygen atoms in total. The van der Waals surface area contributed by atoms with Gasteiger partial charge in [-0.3, -0.25) is 14.9 Å². The van der Waals surface area contributed by atoms with Crippen LogP contribution in [0.15, 0.2) is 36.0 Å². The van der Waals surface area contributed by atoms with Crippen LogP contribution in [0, 0.1) is 11.3 Å². The van der Waals surface area contributed by atoms with Crippen molar-refractivity contribution in [2.45, 2.75) is 25.3 Å². The number of rotatable bonds is 5. The van der Waals surface area contributed by atoms with Crippen LogP contribution in [0.25, 0.3) is 11.7 Å². The Kier molecular flexibility index (Phi) is 4.56. The average molecular weight is 434 g/mol. The van der Waals surface area contributed by atoms with Crippen LogP contribution in [0.2, 0.25) is 5.02 Å². The number of nitriles is 1. The van der Waals surface area contributed by atoms with Gasteiger partial charge in [-0.25, -0.2) is 4.98 Å². The maximum Gasteiger partial charge on any atom is 0.254 e. The van der Waals surface area contributed by atoms with Gasteiger partial charge in [0.15, 0.2) is 5.65 Å². The summed E-state index contributed by atoms with van der Waals surface area (Å²) in [6.45, 7) is 0. The standard InChI is InChI=1S/C21H16ClN7O2/c22-15-4-1-11(9-23)5-16(15)26-17-8-18(25-14-2-3-14)29-20(27-17)13(10-24-29)6-12-7-19(30)28-21(12)31/h1,4-6,8,10,14,25H,2-3,7H2,(H,26,27)(H,28,30,31)/b12-6+. The molecule has 1 aromatic carbocycles. The first-order valence-corrected chi connectivity index (χ1v) is 10.0. The van der Waals surface area contributed by atoms with E-state index in [1.807, 2.05) is 6.07 Å². The summed E-state index contributed by atoms with van der Waals surface area (Å²) in [4.78, 5) is 28.1. The van der Waals surface area contributed by atoms with Gasteiger partial charge >= 0.3 is 0 Å². The molecular formula is C21H16ClN7O2. The van der Waals surface area contributed by atoms with E-state index in [0.717, 1.165) is 18.7 Å². The summed E-state index contributed by atoms with van der Waals surface area (Å²) in [5.74, 6) is 0.500. The number of amides is 2. The van der Waals surface area contributed by atoms with Crippen LogP contribution in [0.3, 0.4) is 0 Å². The minimum Gasteiger partial charge on any atom is -0.367 e. The molecule has 0 atom stereocenters. The third kappa shape index (κ3) is 3.81. The molecule has 154 valence electrons. The van der Waals surface area contributed by atoms with Crippen molar-refractivity contribution in [3.05, 3.63) is 52.2 Å². The molecule has 1 saturated heterocycles. The fourth-order valence-corrected chi connectivity index (χ4v) is 3.49. The summed E-state index contributed by atoms with van der Waals surface area (Å²) < 4.78 is 1.66. The van der Waals surface area contributed by atoms with E-state index in [0.29, 0.717) is 44.9 Å². The van der Waals surface area contributed by atoms with E-state index in [4.69, 9.17) is 11.6 Å². The zero-order chi connectivity index (χ0) is 21.5. The molecule has 3 heterocycles. The third-order valence-corrected chi connectivity index (χ3v) is 5.34. The molecule has 3 aromatic rings. The second-order valence-corrected chi connectivity index (χ2v) is 7.84. The first-order valence-electron chi connectivity index (χ1n) is 9.67. The molecule has 0 unspecified atom stereocenters. The Bertz CT molecular complexity index is 1320. The van der Waals surface area contributed by atoms with Crippen LogP contribution < -0.4 is 16.0 Å². The molecule has 3 N–H and O–H groups in total. The lowest BCUT2D eigenvalue weighted by Gasteiger charge is -2.12. The van der Waals surface area contributed by atoms with Crippen LogP contribution in [0.1, 0.15) is 30.4 Å². The number of nitrogens with one attached hydrogen (secondary N) is 3. The normalized spacial score (nSPS) is 17.1. The van der Waals surface area contributed by atoms with Crippen molar-refractivity contribution in [3.63, 3.8) is 0 Å². The lowest BCUT2D eigenvalue weighted by Crippen LogP contribution is -2.19. The van der Waals surface area contributed by atoms with Gasteiger partial charge in [-0.05, 0) is 37.1 Å². The molecule has 0 radical (unpaired) electrons. The first kappa shape index (κ1) is 19.1. The van der Waals surface area contributed by atoms with Gasteiger partial charge in [-0.2, -0.15) is 14.9 Å². The maximum atomic E-state index is 12.0. The van der Waals surface area contributed by atoms with Crippen molar-refractivity contribution in [2.24, 2.45) is 0 Å². The molecule has 1 aliphatic heterocycles. The Morgan fingerprint density at radius 1 is 1.29 bits per heavy atom. The van der Waals surface area contributed by atoms with Gasteiger partial charge in [0.1, 0.15) is 11.6 Å². The van der Waals surface area contributed by atoms with Crippen molar-refractivity contribution in [3.8, 4) is 6.07 Å². The molecular weight excluding hydrogens is 418 g/mol. The first-order chi connectivity index (χ1) is 15.0. The number of benzene rings is 1. The number of carbonyl (C=O) groups is 2. The lowest BCUT2D eigenvalue weighted by molar-refractivity contribution is -0.124. The minimum absolute atomic E-state index is 0.0256. The molecule has 0 bridgehead atoms. The maximum absolute atomic E-state index is 12.0. The minimum atomic E-state index is -0.407. The molecule has 31 heavy (non-hydrogen) atoms. The van der Waals surface area contributed by atoms with Gasteiger partial charge in [0.2, 0.25) is 5.91 Å². The lowest BCUT2D eigenvalue weighted by atomic mass is 10.1. The number of aromatic nitrogens is 3. The Hall–Kier alpha value is -3.90. The zero-order valence-electron chi connectivity index (χ0n) is 16.1. The second-order valence-electron chi connectivity index (χ2n) is 7.44. The number of imide groups is 1. The van der Waals surface area contributed by atoms with E-state index in [2.05, 4.69) is 32.1 Å². The number of nitrogens with zero attached hydrogens (tertiary/aromatic N) is 4. The highest BCUT2D eigenvalue weighted by Gasteiger charge is 2.25. The molecule has 2 aliphatic rings. The Balaban J connectivity index is 1.59. The Morgan fingerprint density at radius 3 is 2.84 bits per heavy atom. The molecule has 10 heteroatoms. The number of halogens is 1. The van der Waals surface area contributed by atoms with E-state index in [1.165, 1.54) is 0 Å². The number of hydrogen-bond acceptors (Lipinski definition) is 7. The highest BCUT2D eigenvalue weighted by atomic mass is 35.5. The van der Waals surface area contributed by atoms with Crippen molar-refractivity contribution >= 4 is 52.5 Å². The molecule has 5 rings (SSSR count). The number of carbonyl (C=O) groups excluding carboxylic acids is 2. The molecule has 2 aromatic heterocycles. The highest BCUT2D eigenvalue weighted by Crippen LogP contribution is 2.31. The monoisotopic (exact) mass is 433 g/mol. The largest absolute Gasteiger partial charge is 0.367 e. The van der Waals surface area contributed by atoms with Gasteiger partial charge < -0.3 is 10.6 Å². The summed E-state index contributed by atoms with van der Waals surface area (Å²) in [5.41, 5.74) is 2.51. The van der Waals surface area contributed by atoms with E-state index in [1.54, 1.807) is 35.0 Å². The average Bonchev–Trinajstić information content (AvgIpc) is 3.38. The van der Waals surface area contributed by atoms with Crippen molar-refractivity contribution < 1.29 is 9.59 Å². The molecule has 1 saturated carbocycles. The Labute approximate surface area is 181 Å². The highest BCUT2D eigenvalue weighted by molar-refractivity contribution is 6.33. The summed E-state index contributed by atoms with van der Waals surface area (Å²) in [6.07, 6.45) is 5.41. The van der Waals surface area contributed by atoms with Gasteiger partial charge in [-0.1, -0.05) is 11.6 Å². The number of fused-ring (bicyclic) bond motifs is 1.